The molecular weight excluding hydrogens is 230 g/mol. The number of nitrogens with one attached hydrogen (secondary N) is 1. The van der Waals surface area contributed by atoms with Crippen molar-refractivity contribution >= 4 is 5.91 Å². The standard InChI is InChI=1S/C14H21NO3/c1-5-18-13-7-6-12(8-10(13)2)14(16)15-11(3)9-17-4/h6-8,11H,5,9H2,1-4H3,(H,15,16)/t11-/m1/s1. The van der Waals surface area contributed by atoms with Crippen molar-refractivity contribution in [3.05, 3.63) is 29.3 Å². The number of hydrogen-bond donors (Lipinski definition) is 1. The molecule has 0 saturated carbocycles. The molecule has 0 aromatic heterocycles. The van der Waals surface area contributed by atoms with Crippen molar-refractivity contribution in [3.63, 3.8) is 0 Å². The van der Waals surface area contributed by atoms with Crippen molar-refractivity contribution in [2.24, 2.45) is 0 Å². The zero-order valence-corrected chi connectivity index (χ0v) is 11.4. The van der Waals surface area contributed by atoms with Crippen LogP contribution >= 0.6 is 0 Å². The van der Waals surface area contributed by atoms with Gasteiger partial charge in [-0.2, -0.15) is 0 Å². The van der Waals surface area contributed by atoms with Gasteiger partial charge in [0.25, 0.3) is 5.91 Å². The van der Waals surface area contributed by atoms with Gasteiger partial charge >= 0.3 is 0 Å². The average Bonchev–Trinajstić information content (AvgIpc) is 2.32. The lowest BCUT2D eigenvalue weighted by Crippen LogP contribution is -2.35. The van der Waals surface area contributed by atoms with E-state index in [9.17, 15) is 4.79 Å². The Balaban J connectivity index is 2.72. The monoisotopic (exact) mass is 251 g/mol. The zero-order valence-electron chi connectivity index (χ0n) is 11.4. The summed E-state index contributed by atoms with van der Waals surface area (Å²) in [5.41, 5.74) is 1.60. The molecule has 4 heteroatoms. The highest BCUT2D eigenvalue weighted by molar-refractivity contribution is 5.94. The van der Waals surface area contributed by atoms with E-state index in [1.165, 1.54) is 0 Å². The predicted molar refractivity (Wildman–Crippen MR) is 71.2 cm³/mol. The van der Waals surface area contributed by atoms with E-state index in [-0.39, 0.29) is 11.9 Å². The maximum absolute atomic E-state index is 11.9. The Morgan fingerprint density at radius 3 is 2.72 bits per heavy atom. The van der Waals surface area contributed by atoms with Gasteiger partial charge in [-0.3, -0.25) is 4.79 Å². The van der Waals surface area contributed by atoms with Crippen LogP contribution in [0.25, 0.3) is 0 Å². The molecular formula is C14H21NO3. The molecule has 0 fully saturated rings. The van der Waals surface area contributed by atoms with Gasteiger partial charge < -0.3 is 14.8 Å². The largest absolute Gasteiger partial charge is 0.494 e. The van der Waals surface area contributed by atoms with Crippen molar-refractivity contribution in [1.82, 2.24) is 5.32 Å². The Morgan fingerprint density at radius 2 is 2.17 bits per heavy atom. The third kappa shape index (κ3) is 4.04. The fraction of sp³-hybridized carbons (Fsp3) is 0.500. The number of amides is 1. The topological polar surface area (TPSA) is 47.6 Å². The Labute approximate surface area is 108 Å². The van der Waals surface area contributed by atoms with E-state index in [1.807, 2.05) is 32.9 Å². The van der Waals surface area contributed by atoms with Crippen molar-refractivity contribution in [2.75, 3.05) is 20.3 Å². The average molecular weight is 251 g/mol. The van der Waals surface area contributed by atoms with Crippen LogP contribution in [0, 0.1) is 6.92 Å². The summed E-state index contributed by atoms with van der Waals surface area (Å²) in [6, 6.07) is 5.43. The molecule has 1 amide bonds. The molecule has 1 aromatic carbocycles. The highest BCUT2D eigenvalue weighted by atomic mass is 16.5. The Kier molecular flexibility index (Phi) is 5.65. The molecule has 1 rings (SSSR count). The summed E-state index contributed by atoms with van der Waals surface area (Å²) in [6.45, 7) is 6.90. The number of carbonyl (C=O) groups is 1. The molecule has 0 aliphatic carbocycles. The maximum atomic E-state index is 11.9. The van der Waals surface area contributed by atoms with Crippen LogP contribution in [-0.4, -0.2) is 32.3 Å². The highest BCUT2D eigenvalue weighted by Gasteiger charge is 2.11. The highest BCUT2D eigenvalue weighted by Crippen LogP contribution is 2.19. The first kappa shape index (κ1) is 14.5. The minimum absolute atomic E-state index is 0.00521. The van der Waals surface area contributed by atoms with E-state index in [0.717, 1.165) is 11.3 Å². The fourth-order valence-electron chi connectivity index (χ4n) is 1.71. The molecule has 0 spiro atoms. The fourth-order valence-corrected chi connectivity index (χ4v) is 1.71. The van der Waals surface area contributed by atoms with Gasteiger partial charge in [-0.05, 0) is 44.5 Å². The number of hydrogen-bond acceptors (Lipinski definition) is 3. The molecule has 0 heterocycles. The van der Waals surface area contributed by atoms with Crippen LogP contribution in [0.1, 0.15) is 29.8 Å². The van der Waals surface area contributed by atoms with E-state index in [4.69, 9.17) is 9.47 Å². The van der Waals surface area contributed by atoms with Crippen LogP contribution in [0.4, 0.5) is 0 Å². The second-order valence-electron chi connectivity index (χ2n) is 4.24. The summed E-state index contributed by atoms with van der Waals surface area (Å²) >= 11 is 0. The van der Waals surface area contributed by atoms with Gasteiger partial charge in [0.05, 0.1) is 13.2 Å². The number of carbonyl (C=O) groups excluding carboxylic acids is 1. The molecule has 0 unspecified atom stereocenters. The first-order valence-electron chi connectivity index (χ1n) is 6.11. The number of methoxy groups -OCH3 is 1. The molecule has 0 saturated heterocycles. The Bertz CT molecular complexity index is 404. The third-order valence-electron chi connectivity index (χ3n) is 2.53. The summed E-state index contributed by atoms with van der Waals surface area (Å²) in [6.07, 6.45) is 0. The van der Waals surface area contributed by atoms with E-state index in [2.05, 4.69) is 5.32 Å². The molecule has 18 heavy (non-hydrogen) atoms. The van der Waals surface area contributed by atoms with Gasteiger partial charge in [-0.1, -0.05) is 0 Å². The summed E-state index contributed by atoms with van der Waals surface area (Å²) in [4.78, 5) is 11.9. The van der Waals surface area contributed by atoms with Gasteiger partial charge in [0.1, 0.15) is 5.75 Å². The van der Waals surface area contributed by atoms with Gasteiger partial charge in [-0.15, -0.1) is 0 Å². The molecule has 4 nitrogen and oxygen atoms in total. The lowest BCUT2D eigenvalue weighted by Gasteiger charge is -2.14. The van der Waals surface area contributed by atoms with Crippen LogP contribution in [0.15, 0.2) is 18.2 Å². The van der Waals surface area contributed by atoms with Gasteiger partial charge in [0.2, 0.25) is 0 Å². The normalized spacial score (nSPS) is 12.0. The summed E-state index contributed by atoms with van der Waals surface area (Å²) in [7, 11) is 1.61. The Hall–Kier alpha value is -1.55. The number of ether oxygens (including phenoxy) is 2. The van der Waals surface area contributed by atoms with Crippen LogP contribution in [0.2, 0.25) is 0 Å². The minimum atomic E-state index is -0.0919. The molecule has 1 N–H and O–H groups in total. The molecule has 0 radical (unpaired) electrons. The second kappa shape index (κ2) is 7.01. The molecule has 0 bridgehead atoms. The SMILES string of the molecule is CCOc1ccc(C(=O)N[C@H](C)COC)cc1C. The summed E-state index contributed by atoms with van der Waals surface area (Å²) in [5, 5.41) is 2.87. The van der Waals surface area contributed by atoms with Gasteiger partial charge in [-0.25, -0.2) is 0 Å². The smallest absolute Gasteiger partial charge is 0.251 e. The minimum Gasteiger partial charge on any atom is -0.494 e. The van der Waals surface area contributed by atoms with E-state index >= 15 is 0 Å². The number of benzene rings is 1. The van der Waals surface area contributed by atoms with E-state index in [0.29, 0.717) is 18.8 Å². The quantitative estimate of drug-likeness (QED) is 0.842. The van der Waals surface area contributed by atoms with Gasteiger partial charge in [0, 0.05) is 18.7 Å². The van der Waals surface area contributed by atoms with Crippen LogP contribution in [0.3, 0.4) is 0 Å². The van der Waals surface area contributed by atoms with Crippen molar-refractivity contribution in [1.29, 1.82) is 0 Å². The third-order valence-corrected chi connectivity index (χ3v) is 2.53. The van der Waals surface area contributed by atoms with Crippen molar-refractivity contribution in [2.45, 2.75) is 26.8 Å². The molecule has 1 atom stereocenters. The first-order valence-corrected chi connectivity index (χ1v) is 6.11. The molecule has 1 aromatic rings. The van der Waals surface area contributed by atoms with Gasteiger partial charge in [0.15, 0.2) is 0 Å². The van der Waals surface area contributed by atoms with Crippen LogP contribution in [-0.2, 0) is 4.74 Å². The first-order chi connectivity index (χ1) is 8.58. The number of aryl methyl sites for hydroxylation is 1. The van der Waals surface area contributed by atoms with E-state index < -0.39 is 0 Å². The zero-order chi connectivity index (χ0) is 13.5. The second-order valence-corrected chi connectivity index (χ2v) is 4.24. The lowest BCUT2D eigenvalue weighted by atomic mass is 10.1. The lowest BCUT2D eigenvalue weighted by molar-refractivity contribution is 0.0905. The molecule has 100 valence electrons. The predicted octanol–water partition coefficient (Wildman–Crippen LogP) is 2.16. The Morgan fingerprint density at radius 1 is 1.44 bits per heavy atom. The molecule has 0 aliphatic rings. The van der Waals surface area contributed by atoms with E-state index in [1.54, 1.807) is 13.2 Å². The molecule has 0 aliphatic heterocycles. The van der Waals surface area contributed by atoms with Crippen LogP contribution in [0.5, 0.6) is 5.75 Å². The maximum Gasteiger partial charge on any atom is 0.251 e. The van der Waals surface area contributed by atoms with Crippen molar-refractivity contribution in [3.8, 4) is 5.75 Å². The summed E-state index contributed by atoms with van der Waals surface area (Å²) < 4.78 is 10.4. The van der Waals surface area contributed by atoms with Crippen molar-refractivity contribution < 1.29 is 14.3 Å². The van der Waals surface area contributed by atoms with Crippen LogP contribution < -0.4 is 10.1 Å². The summed E-state index contributed by atoms with van der Waals surface area (Å²) in [5.74, 6) is 0.727. The number of rotatable bonds is 6.